The molecule has 0 spiro atoms. The number of para-hydroxylation sites is 1. The van der Waals surface area contributed by atoms with Crippen LogP contribution >= 0.6 is 15.9 Å². The largest absolute Gasteiger partial charge is 0.287 e. The first-order valence-corrected chi connectivity index (χ1v) is 7.72. The summed E-state index contributed by atoms with van der Waals surface area (Å²) in [6, 6.07) is 18.9. The summed E-state index contributed by atoms with van der Waals surface area (Å²) in [7, 11) is 0. The van der Waals surface area contributed by atoms with Gasteiger partial charge in [0.2, 0.25) is 0 Å². The molecule has 3 rings (SSSR count). The average Bonchev–Trinajstić information content (AvgIpc) is 2.60. The molecule has 0 unspecified atom stereocenters. The molecule has 0 fully saturated rings. The number of benzene rings is 2. The predicted molar refractivity (Wildman–Crippen MR) is 95.2 cm³/mol. The lowest BCUT2D eigenvalue weighted by Crippen LogP contribution is -2.22. The standard InChI is InChI=1S/C17H13BrN4O/c18-16-15(21-19-11-13-7-3-1-4-8-13)12-20-22(17(16)23)14-9-5-2-6-10-14/h1-12,21H/b19-11+. The van der Waals surface area contributed by atoms with Crippen molar-refractivity contribution in [3.63, 3.8) is 0 Å². The fourth-order valence-electron chi connectivity index (χ4n) is 1.98. The second-order valence-electron chi connectivity index (χ2n) is 4.71. The van der Waals surface area contributed by atoms with E-state index in [4.69, 9.17) is 0 Å². The van der Waals surface area contributed by atoms with Crippen molar-refractivity contribution >= 4 is 27.8 Å². The lowest BCUT2D eigenvalue weighted by molar-refractivity contribution is 0.801. The van der Waals surface area contributed by atoms with Crippen LogP contribution in [0.1, 0.15) is 5.56 Å². The van der Waals surface area contributed by atoms with E-state index < -0.39 is 0 Å². The van der Waals surface area contributed by atoms with Crippen LogP contribution < -0.4 is 11.0 Å². The lowest BCUT2D eigenvalue weighted by atomic mass is 10.2. The van der Waals surface area contributed by atoms with Gasteiger partial charge in [0.1, 0.15) is 4.47 Å². The number of halogens is 1. The van der Waals surface area contributed by atoms with Gasteiger partial charge in [0.05, 0.1) is 23.8 Å². The zero-order valence-electron chi connectivity index (χ0n) is 12.1. The third-order valence-electron chi connectivity index (χ3n) is 3.12. The molecule has 23 heavy (non-hydrogen) atoms. The van der Waals surface area contributed by atoms with Gasteiger partial charge in [-0.25, -0.2) is 0 Å². The van der Waals surface area contributed by atoms with Crippen molar-refractivity contribution in [2.45, 2.75) is 0 Å². The molecule has 5 nitrogen and oxygen atoms in total. The summed E-state index contributed by atoms with van der Waals surface area (Å²) >= 11 is 3.31. The van der Waals surface area contributed by atoms with E-state index in [0.29, 0.717) is 15.8 Å². The minimum Gasteiger partial charge on any atom is -0.275 e. The lowest BCUT2D eigenvalue weighted by Gasteiger charge is -2.07. The van der Waals surface area contributed by atoms with E-state index in [9.17, 15) is 4.79 Å². The van der Waals surface area contributed by atoms with Gasteiger partial charge < -0.3 is 0 Å². The Labute approximate surface area is 141 Å². The number of nitrogens with zero attached hydrogens (tertiary/aromatic N) is 3. The summed E-state index contributed by atoms with van der Waals surface area (Å²) in [4.78, 5) is 12.4. The first-order valence-electron chi connectivity index (χ1n) is 6.93. The van der Waals surface area contributed by atoms with Crippen molar-refractivity contribution in [1.82, 2.24) is 9.78 Å². The molecule has 0 saturated heterocycles. The molecule has 3 aromatic rings. The number of hydrazone groups is 1. The molecule has 0 amide bonds. The van der Waals surface area contributed by atoms with Crippen molar-refractivity contribution in [3.05, 3.63) is 87.3 Å². The van der Waals surface area contributed by atoms with Crippen LogP contribution in [0.25, 0.3) is 5.69 Å². The molecule has 114 valence electrons. The summed E-state index contributed by atoms with van der Waals surface area (Å²) in [6.45, 7) is 0. The monoisotopic (exact) mass is 368 g/mol. The molecule has 0 bridgehead atoms. The summed E-state index contributed by atoms with van der Waals surface area (Å²) in [5.41, 5.74) is 4.75. The maximum atomic E-state index is 12.4. The highest BCUT2D eigenvalue weighted by Crippen LogP contribution is 2.17. The van der Waals surface area contributed by atoms with E-state index in [-0.39, 0.29) is 5.56 Å². The van der Waals surface area contributed by atoms with Gasteiger partial charge in [-0.2, -0.15) is 14.9 Å². The molecule has 1 heterocycles. The van der Waals surface area contributed by atoms with Crippen LogP contribution in [0.5, 0.6) is 0 Å². The van der Waals surface area contributed by atoms with Crippen molar-refractivity contribution in [2.24, 2.45) is 5.10 Å². The maximum Gasteiger partial charge on any atom is 0.287 e. The molecule has 0 aliphatic heterocycles. The van der Waals surface area contributed by atoms with Crippen LogP contribution in [0.3, 0.4) is 0 Å². The third-order valence-corrected chi connectivity index (χ3v) is 3.88. The van der Waals surface area contributed by atoms with Gasteiger partial charge in [-0.3, -0.25) is 10.2 Å². The summed E-state index contributed by atoms with van der Waals surface area (Å²) in [5, 5.41) is 8.30. The van der Waals surface area contributed by atoms with Gasteiger partial charge in [-0.05, 0) is 33.6 Å². The van der Waals surface area contributed by atoms with Gasteiger partial charge in [0.25, 0.3) is 5.56 Å². The first kappa shape index (κ1) is 15.2. The van der Waals surface area contributed by atoms with E-state index >= 15 is 0 Å². The Morgan fingerprint density at radius 2 is 1.70 bits per heavy atom. The Hall–Kier alpha value is -2.73. The Morgan fingerprint density at radius 1 is 1.04 bits per heavy atom. The fourth-order valence-corrected chi connectivity index (χ4v) is 2.34. The van der Waals surface area contributed by atoms with Gasteiger partial charge in [-0.15, -0.1) is 0 Å². The van der Waals surface area contributed by atoms with E-state index in [0.717, 1.165) is 5.56 Å². The molecule has 0 radical (unpaired) electrons. The second kappa shape index (κ2) is 7.02. The molecule has 6 heteroatoms. The molecular weight excluding hydrogens is 356 g/mol. The predicted octanol–water partition coefficient (Wildman–Crippen LogP) is 3.44. The molecular formula is C17H13BrN4O. The Kier molecular flexibility index (Phi) is 4.63. The number of anilines is 1. The Morgan fingerprint density at radius 3 is 2.39 bits per heavy atom. The minimum absolute atomic E-state index is 0.254. The maximum absolute atomic E-state index is 12.4. The Bertz CT molecular complexity index is 876. The second-order valence-corrected chi connectivity index (χ2v) is 5.50. The van der Waals surface area contributed by atoms with E-state index in [1.165, 1.54) is 4.68 Å². The van der Waals surface area contributed by atoms with Crippen molar-refractivity contribution in [2.75, 3.05) is 5.43 Å². The van der Waals surface area contributed by atoms with E-state index in [1.807, 2.05) is 60.7 Å². The van der Waals surface area contributed by atoms with Crippen molar-refractivity contribution in [3.8, 4) is 5.69 Å². The van der Waals surface area contributed by atoms with Gasteiger partial charge in [-0.1, -0.05) is 48.5 Å². The van der Waals surface area contributed by atoms with Crippen LogP contribution in [-0.4, -0.2) is 16.0 Å². The number of aromatic nitrogens is 2. The highest BCUT2D eigenvalue weighted by atomic mass is 79.9. The molecule has 0 atom stereocenters. The molecule has 0 saturated carbocycles. The quantitative estimate of drug-likeness (QED) is 0.566. The Balaban J connectivity index is 1.84. The molecule has 2 aromatic carbocycles. The number of hydrogen-bond acceptors (Lipinski definition) is 4. The highest BCUT2D eigenvalue weighted by molar-refractivity contribution is 9.10. The highest BCUT2D eigenvalue weighted by Gasteiger charge is 2.09. The van der Waals surface area contributed by atoms with Crippen LogP contribution in [0.15, 0.2) is 81.2 Å². The third kappa shape index (κ3) is 3.54. The smallest absolute Gasteiger partial charge is 0.275 e. The normalized spacial score (nSPS) is 10.8. The van der Waals surface area contributed by atoms with Crippen LogP contribution in [-0.2, 0) is 0 Å². The van der Waals surface area contributed by atoms with Crippen LogP contribution in [0.4, 0.5) is 5.69 Å². The van der Waals surface area contributed by atoms with Gasteiger partial charge in [0, 0.05) is 0 Å². The molecule has 1 aromatic heterocycles. The van der Waals surface area contributed by atoms with E-state index in [2.05, 4.69) is 31.6 Å². The average molecular weight is 369 g/mol. The van der Waals surface area contributed by atoms with Crippen molar-refractivity contribution in [1.29, 1.82) is 0 Å². The number of rotatable bonds is 4. The molecule has 1 N–H and O–H groups in total. The minimum atomic E-state index is -0.254. The van der Waals surface area contributed by atoms with Gasteiger partial charge >= 0.3 is 0 Å². The number of hydrogen-bond donors (Lipinski definition) is 1. The zero-order valence-corrected chi connectivity index (χ0v) is 13.6. The molecule has 0 aliphatic rings. The molecule has 0 aliphatic carbocycles. The summed E-state index contributed by atoms with van der Waals surface area (Å²) < 4.78 is 1.71. The van der Waals surface area contributed by atoms with Crippen LogP contribution in [0, 0.1) is 0 Å². The fraction of sp³-hybridized carbons (Fsp3) is 0. The SMILES string of the molecule is O=c1c(Br)c(N/N=C/c2ccccc2)cnn1-c1ccccc1. The van der Waals surface area contributed by atoms with Gasteiger partial charge in [0.15, 0.2) is 0 Å². The zero-order chi connectivity index (χ0) is 16.1. The van der Waals surface area contributed by atoms with E-state index in [1.54, 1.807) is 12.4 Å². The van der Waals surface area contributed by atoms with Crippen LogP contribution in [0.2, 0.25) is 0 Å². The number of nitrogens with one attached hydrogen (secondary N) is 1. The summed E-state index contributed by atoms with van der Waals surface area (Å²) in [5.74, 6) is 0. The van der Waals surface area contributed by atoms with Crippen molar-refractivity contribution < 1.29 is 0 Å². The first-order chi connectivity index (χ1) is 11.3. The topological polar surface area (TPSA) is 59.3 Å². The summed E-state index contributed by atoms with van der Waals surface area (Å²) in [6.07, 6.45) is 3.23.